The lowest BCUT2D eigenvalue weighted by Crippen LogP contribution is -2.42. The van der Waals surface area contributed by atoms with Gasteiger partial charge in [-0.1, -0.05) is 57.8 Å². The van der Waals surface area contributed by atoms with Crippen molar-refractivity contribution in [1.82, 2.24) is 5.43 Å². The zero-order valence-corrected chi connectivity index (χ0v) is 14.9. The highest BCUT2D eigenvalue weighted by molar-refractivity contribution is 5.84. The second kappa shape index (κ2) is 14.5. The summed E-state index contributed by atoms with van der Waals surface area (Å²) in [5, 5.41) is 11.7. The van der Waals surface area contributed by atoms with Crippen molar-refractivity contribution in [3.8, 4) is 0 Å². The highest BCUT2D eigenvalue weighted by Crippen LogP contribution is 2.22. The second-order valence-electron chi connectivity index (χ2n) is 6.38. The van der Waals surface area contributed by atoms with Crippen LogP contribution in [0.4, 0.5) is 0 Å². The zero-order valence-electron chi connectivity index (χ0n) is 14.9. The maximum Gasteiger partial charge on any atom is 0.300 e. The van der Waals surface area contributed by atoms with Gasteiger partial charge in [0.05, 0.1) is 0 Å². The molecule has 0 spiro atoms. The standard InChI is InChI=1S/C15H32N4.C2H4O2/c1-13(18-19-15(16)17)14-11-9-7-5-3-2-4-6-8-10-12-14;1-2(3)4/h14-15,19H,2-12,16-17H2,1H3;1H3,(H,3,4). The molecule has 1 aliphatic rings. The molecule has 0 amide bonds. The van der Waals surface area contributed by atoms with Crippen molar-refractivity contribution in [2.45, 2.75) is 90.8 Å². The van der Waals surface area contributed by atoms with E-state index in [2.05, 4.69) is 17.5 Å². The molecule has 136 valence electrons. The summed E-state index contributed by atoms with van der Waals surface area (Å²) in [7, 11) is 0. The lowest BCUT2D eigenvalue weighted by Gasteiger charge is -2.18. The lowest BCUT2D eigenvalue weighted by molar-refractivity contribution is -0.134. The summed E-state index contributed by atoms with van der Waals surface area (Å²) in [6.45, 7) is 3.19. The van der Waals surface area contributed by atoms with Gasteiger partial charge >= 0.3 is 0 Å². The molecule has 0 radical (unpaired) electrons. The van der Waals surface area contributed by atoms with Crippen molar-refractivity contribution >= 4 is 11.7 Å². The molecule has 0 aromatic heterocycles. The van der Waals surface area contributed by atoms with Gasteiger partial charge in [-0.05, 0) is 25.7 Å². The maximum atomic E-state index is 9.00. The number of hydrogen-bond donors (Lipinski definition) is 4. The average molecular weight is 329 g/mol. The van der Waals surface area contributed by atoms with Crippen LogP contribution in [-0.2, 0) is 4.79 Å². The van der Waals surface area contributed by atoms with Crippen LogP contribution in [0.15, 0.2) is 5.10 Å². The van der Waals surface area contributed by atoms with Crippen LogP contribution in [0.1, 0.15) is 84.5 Å². The Morgan fingerprint density at radius 1 is 0.957 bits per heavy atom. The molecule has 1 fully saturated rings. The number of carbonyl (C=O) groups is 1. The van der Waals surface area contributed by atoms with E-state index in [1.807, 2.05) is 0 Å². The van der Waals surface area contributed by atoms with Crippen LogP contribution in [0.2, 0.25) is 0 Å². The van der Waals surface area contributed by atoms with Gasteiger partial charge in [-0.3, -0.25) is 21.7 Å². The van der Waals surface area contributed by atoms with E-state index in [9.17, 15) is 0 Å². The molecular formula is C17H36N4O2. The Balaban J connectivity index is 0.00000108. The fourth-order valence-electron chi connectivity index (χ4n) is 2.85. The van der Waals surface area contributed by atoms with Gasteiger partial charge in [0.15, 0.2) is 0 Å². The minimum atomic E-state index is -0.833. The molecule has 0 heterocycles. The predicted octanol–water partition coefficient (Wildman–Crippen LogP) is 3.16. The summed E-state index contributed by atoms with van der Waals surface area (Å²) in [6, 6.07) is 0. The van der Waals surface area contributed by atoms with Crippen LogP contribution in [0, 0.1) is 5.92 Å². The van der Waals surface area contributed by atoms with Gasteiger partial charge in [-0.2, -0.15) is 5.10 Å². The monoisotopic (exact) mass is 328 g/mol. The van der Waals surface area contributed by atoms with Crippen molar-refractivity contribution in [3.63, 3.8) is 0 Å². The quantitative estimate of drug-likeness (QED) is 0.361. The Bertz CT molecular complexity index is 317. The van der Waals surface area contributed by atoms with E-state index in [1.54, 1.807) is 0 Å². The summed E-state index contributed by atoms with van der Waals surface area (Å²) in [6.07, 6.45) is 14.4. The fraction of sp³-hybridized carbons (Fsp3) is 0.882. The third-order valence-electron chi connectivity index (χ3n) is 4.09. The first-order valence-corrected chi connectivity index (χ1v) is 8.94. The minimum Gasteiger partial charge on any atom is -0.481 e. The Kier molecular flexibility index (Phi) is 13.7. The van der Waals surface area contributed by atoms with Gasteiger partial charge in [0.1, 0.15) is 6.29 Å². The maximum absolute atomic E-state index is 9.00. The van der Waals surface area contributed by atoms with Gasteiger partial charge in [0.25, 0.3) is 5.97 Å². The molecule has 6 heteroatoms. The Morgan fingerprint density at radius 3 is 1.65 bits per heavy atom. The van der Waals surface area contributed by atoms with E-state index >= 15 is 0 Å². The van der Waals surface area contributed by atoms with E-state index in [0.717, 1.165) is 12.6 Å². The van der Waals surface area contributed by atoms with Gasteiger partial charge in [-0.15, -0.1) is 0 Å². The number of carboxylic acids is 1. The van der Waals surface area contributed by atoms with E-state index in [4.69, 9.17) is 21.4 Å². The number of nitrogens with two attached hydrogens (primary N) is 2. The Labute approximate surface area is 141 Å². The van der Waals surface area contributed by atoms with Crippen LogP contribution >= 0.6 is 0 Å². The minimum absolute atomic E-state index is 0.554. The molecular weight excluding hydrogens is 292 g/mol. The number of hydrogen-bond acceptors (Lipinski definition) is 5. The van der Waals surface area contributed by atoms with Gasteiger partial charge in [0.2, 0.25) is 0 Å². The molecule has 0 saturated heterocycles. The molecule has 0 aromatic rings. The highest BCUT2D eigenvalue weighted by atomic mass is 16.4. The molecule has 0 bridgehead atoms. The summed E-state index contributed by atoms with van der Waals surface area (Å²) in [4.78, 5) is 9.00. The molecule has 0 unspecified atom stereocenters. The summed E-state index contributed by atoms with van der Waals surface area (Å²) < 4.78 is 0. The Hall–Kier alpha value is -1.14. The second-order valence-corrected chi connectivity index (χ2v) is 6.38. The SMILES string of the molecule is CC(=NNC(N)N)C1CCCCCCCCCCC1.CC(=O)O. The van der Waals surface area contributed by atoms with E-state index in [1.165, 1.54) is 70.6 Å². The molecule has 6 nitrogen and oxygen atoms in total. The molecule has 23 heavy (non-hydrogen) atoms. The van der Waals surface area contributed by atoms with Crippen molar-refractivity contribution in [2.24, 2.45) is 22.5 Å². The van der Waals surface area contributed by atoms with Crippen LogP contribution in [0.3, 0.4) is 0 Å². The van der Waals surface area contributed by atoms with Crippen molar-refractivity contribution in [2.75, 3.05) is 0 Å². The van der Waals surface area contributed by atoms with Crippen molar-refractivity contribution in [3.05, 3.63) is 0 Å². The highest BCUT2D eigenvalue weighted by Gasteiger charge is 2.13. The van der Waals surface area contributed by atoms with Crippen molar-refractivity contribution < 1.29 is 9.90 Å². The number of hydrazone groups is 1. The van der Waals surface area contributed by atoms with E-state index < -0.39 is 12.3 Å². The first-order valence-electron chi connectivity index (χ1n) is 8.94. The third-order valence-corrected chi connectivity index (χ3v) is 4.09. The van der Waals surface area contributed by atoms with Crippen LogP contribution in [0.5, 0.6) is 0 Å². The molecule has 0 atom stereocenters. The van der Waals surface area contributed by atoms with Gasteiger partial charge in [-0.25, -0.2) is 0 Å². The van der Waals surface area contributed by atoms with E-state index in [0.29, 0.717) is 5.92 Å². The summed E-state index contributed by atoms with van der Waals surface area (Å²) >= 11 is 0. The third kappa shape index (κ3) is 15.5. The molecule has 1 rings (SSSR count). The number of rotatable bonds is 3. The summed E-state index contributed by atoms with van der Waals surface area (Å²) in [5.41, 5.74) is 14.9. The smallest absolute Gasteiger partial charge is 0.300 e. The predicted molar refractivity (Wildman–Crippen MR) is 96.0 cm³/mol. The first kappa shape index (κ1) is 21.9. The van der Waals surface area contributed by atoms with Crippen LogP contribution < -0.4 is 16.9 Å². The summed E-state index contributed by atoms with van der Waals surface area (Å²) in [5.74, 6) is -0.231. The molecule has 6 N–H and O–H groups in total. The topological polar surface area (TPSA) is 114 Å². The number of aliphatic carboxylic acids is 1. The number of carboxylic acid groups (broad SMARTS) is 1. The van der Waals surface area contributed by atoms with E-state index in [-0.39, 0.29) is 0 Å². The normalized spacial score (nSPS) is 19.1. The molecule has 1 saturated carbocycles. The molecule has 1 aliphatic carbocycles. The lowest BCUT2D eigenvalue weighted by atomic mass is 9.90. The first-order chi connectivity index (χ1) is 10.9. The largest absolute Gasteiger partial charge is 0.481 e. The Morgan fingerprint density at radius 2 is 1.30 bits per heavy atom. The van der Waals surface area contributed by atoms with Gasteiger partial charge in [0, 0.05) is 12.6 Å². The molecule has 0 aromatic carbocycles. The molecule has 0 aliphatic heterocycles. The van der Waals surface area contributed by atoms with Crippen LogP contribution in [-0.4, -0.2) is 23.1 Å². The van der Waals surface area contributed by atoms with Crippen molar-refractivity contribution in [1.29, 1.82) is 0 Å². The zero-order chi connectivity index (χ0) is 17.5. The van der Waals surface area contributed by atoms with Crippen LogP contribution in [0.25, 0.3) is 0 Å². The number of nitrogens with zero attached hydrogens (tertiary/aromatic N) is 1. The van der Waals surface area contributed by atoms with Gasteiger partial charge < -0.3 is 5.11 Å². The average Bonchev–Trinajstić information content (AvgIpc) is 2.44. The number of nitrogens with one attached hydrogen (secondary N) is 1. The fourth-order valence-corrected chi connectivity index (χ4v) is 2.85.